The Balaban J connectivity index is 1.92. The average Bonchev–Trinajstić information content (AvgIpc) is 2.48. The van der Waals surface area contributed by atoms with Crippen LogP contribution in [0, 0.1) is 6.92 Å². The number of anilines is 1. The Morgan fingerprint density at radius 3 is 2.67 bits per heavy atom. The maximum absolute atomic E-state index is 12.0. The van der Waals surface area contributed by atoms with Gasteiger partial charge in [0.2, 0.25) is 5.91 Å². The standard InChI is InChI=1S/C17H18ClNO2/c1-12-5-3-4-6-15(12)19-17(20)10-8-13-7-9-16(21-2)14(18)11-13/h3-7,9,11H,8,10H2,1-2H3,(H,19,20). The van der Waals surface area contributed by atoms with Crippen LogP contribution in [0.2, 0.25) is 5.02 Å². The molecule has 0 radical (unpaired) electrons. The Morgan fingerprint density at radius 1 is 1.24 bits per heavy atom. The summed E-state index contributed by atoms with van der Waals surface area (Å²) in [7, 11) is 1.58. The van der Waals surface area contributed by atoms with Gasteiger partial charge in [-0.05, 0) is 42.7 Å². The molecule has 21 heavy (non-hydrogen) atoms. The van der Waals surface area contributed by atoms with Gasteiger partial charge in [0.15, 0.2) is 0 Å². The zero-order valence-electron chi connectivity index (χ0n) is 12.2. The van der Waals surface area contributed by atoms with Crippen molar-refractivity contribution >= 4 is 23.2 Å². The van der Waals surface area contributed by atoms with E-state index in [9.17, 15) is 4.79 Å². The third-order valence-electron chi connectivity index (χ3n) is 3.28. The molecule has 0 unspecified atom stereocenters. The molecular weight excluding hydrogens is 286 g/mol. The molecule has 0 heterocycles. The van der Waals surface area contributed by atoms with E-state index in [1.807, 2.05) is 49.4 Å². The van der Waals surface area contributed by atoms with Crippen molar-refractivity contribution in [3.63, 3.8) is 0 Å². The molecule has 2 aromatic carbocycles. The van der Waals surface area contributed by atoms with Crippen LogP contribution in [0.5, 0.6) is 5.75 Å². The lowest BCUT2D eigenvalue weighted by Gasteiger charge is -2.09. The van der Waals surface area contributed by atoms with E-state index >= 15 is 0 Å². The normalized spacial score (nSPS) is 10.2. The number of carbonyl (C=O) groups is 1. The molecule has 2 aromatic rings. The first-order valence-electron chi connectivity index (χ1n) is 6.78. The highest BCUT2D eigenvalue weighted by Gasteiger charge is 2.06. The van der Waals surface area contributed by atoms with Crippen molar-refractivity contribution in [3.8, 4) is 5.75 Å². The summed E-state index contributed by atoms with van der Waals surface area (Å²) < 4.78 is 5.11. The topological polar surface area (TPSA) is 38.3 Å². The SMILES string of the molecule is COc1ccc(CCC(=O)Nc2ccccc2C)cc1Cl. The third kappa shape index (κ3) is 4.23. The molecular formula is C17H18ClNO2. The molecule has 0 aromatic heterocycles. The summed E-state index contributed by atoms with van der Waals surface area (Å²) >= 11 is 6.07. The highest BCUT2D eigenvalue weighted by molar-refractivity contribution is 6.32. The summed E-state index contributed by atoms with van der Waals surface area (Å²) in [5.74, 6) is 0.640. The Hall–Kier alpha value is -2.00. The molecule has 0 saturated heterocycles. The lowest BCUT2D eigenvalue weighted by atomic mass is 10.1. The second-order valence-corrected chi connectivity index (χ2v) is 5.24. The predicted molar refractivity (Wildman–Crippen MR) is 86.1 cm³/mol. The molecule has 0 aliphatic carbocycles. The van der Waals surface area contributed by atoms with Crippen molar-refractivity contribution in [2.24, 2.45) is 0 Å². The average molecular weight is 304 g/mol. The van der Waals surface area contributed by atoms with Crippen LogP contribution < -0.4 is 10.1 Å². The zero-order valence-corrected chi connectivity index (χ0v) is 12.9. The van der Waals surface area contributed by atoms with E-state index in [-0.39, 0.29) is 5.91 Å². The Bertz CT molecular complexity index is 640. The van der Waals surface area contributed by atoms with Crippen LogP contribution in [-0.4, -0.2) is 13.0 Å². The van der Waals surface area contributed by atoms with E-state index in [2.05, 4.69) is 5.32 Å². The van der Waals surface area contributed by atoms with Gasteiger partial charge in [-0.1, -0.05) is 35.9 Å². The van der Waals surface area contributed by atoms with Crippen molar-refractivity contribution < 1.29 is 9.53 Å². The van der Waals surface area contributed by atoms with E-state index in [4.69, 9.17) is 16.3 Å². The van der Waals surface area contributed by atoms with Gasteiger partial charge >= 0.3 is 0 Å². The lowest BCUT2D eigenvalue weighted by molar-refractivity contribution is -0.116. The molecule has 0 saturated carbocycles. The third-order valence-corrected chi connectivity index (χ3v) is 3.57. The minimum absolute atomic E-state index is 0.00348. The van der Waals surface area contributed by atoms with Crippen LogP contribution in [0.4, 0.5) is 5.69 Å². The molecule has 0 spiro atoms. The summed E-state index contributed by atoms with van der Waals surface area (Å²) in [5.41, 5.74) is 2.93. The van der Waals surface area contributed by atoms with Crippen molar-refractivity contribution in [3.05, 3.63) is 58.6 Å². The number of carbonyl (C=O) groups excluding carboxylic acids is 1. The smallest absolute Gasteiger partial charge is 0.224 e. The first kappa shape index (κ1) is 15.4. The molecule has 4 heteroatoms. The van der Waals surface area contributed by atoms with E-state index in [0.29, 0.717) is 23.6 Å². The fraction of sp³-hybridized carbons (Fsp3) is 0.235. The molecule has 0 aliphatic rings. The number of rotatable bonds is 5. The number of hydrogen-bond donors (Lipinski definition) is 1. The largest absolute Gasteiger partial charge is 0.495 e. The van der Waals surface area contributed by atoms with Gasteiger partial charge in [0.1, 0.15) is 5.75 Å². The van der Waals surface area contributed by atoms with Crippen LogP contribution in [-0.2, 0) is 11.2 Å². The second kappa shape index (κ2) is 7.14. The van der Waals surface area contributed by atoms with Crippen LogP contribution in [0.1, 0.15) is 17.5 Å². The Kier molecular flexibility index (Phi) is 5.23. The summed E-state index contributed by atoms with van der Waals surface area (Å²) in [4.78, 5) is 12.0. The Morgan fingerprint density at radius 2 is 2.00 bits per heavy atom. The van der Waals surface area contributed by atoms with Gasteiger partial charge in [-0.25, -0.2) is 0 Å². The van der Waals surface area contributed by atoms with E-state index in [1.165, 1.54) is 0 Å². The highest BCUT2D eigenvalue weighted by Crippen LogP contribution is 2.25. The maximum atomic E-state index is 12.0. The van der Waals surface area contributed by atoms with Crippen molar-refractivity contribution in [2.75, 3.05) is 12.4 Å². The summed E-state index contributed by atoms with van der Waals surface area (Å²) in [5, 5.41) is 3.49. The number of benzene rings is 2. The number of ether oxygens (including phenoxy) is 1. The first-order valence-corrected chi connectivity index (χ1v) is 7.16. The Labute approximate surface area is 129 Å². The number of amides is 1. The van der Waals surface area contributed by atoms with Gasteiger partial charge in [-0.3, -0.25) is 4.79 Å². The number of hydrogen-bond acceptors (Lipinski definition) is 2. The van der Waals surface area contributed by atoms with Crippen molar-refractivity contribution in [1.82, 2.24) is 0 Å². The van der Waals surface area contributed by atoms with Gasteiger partial charge in [-0.2, -0.15) is 0 Å². The monoisotopic (exact) mass is 303 g/mol. The second-order valence-electron chi connectivity index (χ2n) is 4.83. The van der Waals surface area contributed by atoms with Crippen LogP contribution in [0.15, 0.2) is 42.5 Å². The molecule has 0 bridgehead atoms. The maximum Gasteiger partial charge on any atom is 0.224 e. The fourth-order valence-corrected chi connectivity index (χ4v) is 2.33. The molecule has 0 atom stereocenters. The molecule has 3 nitrogen and oxygen atoms in total. The lowest BCUT2D eigenvalue weighted by Crippen LogP contribution is -2.13. The predicted octanol–water partition coefficient (Wildman–Crippen LogP) is 4.23. The van der Waals surface area contributed by atoms with Crippen LogP contribution >= 0.6 is 11.6 Å². The van der Waals surface area contributed by atoms with E-state index in [1.54, 1.807) is 7.11 Å². The zero-order chi connectivity index (χ0) is 15.2. The number of nitrogens with one attached hydrogen (secondary N) is 1. The highest BCUT2D eigenvalue weighted by atomic mass is 35.5. The molecule has 1 N–H and O–H groups in total. The minimum Gasteiger partial charge on any atom is -0.495 e. The number of methoxy groups -OCH3 is 1. The molecule has 0 fully saturated rings. The summed E-state index contributed by atoms with van der Waals surface area (Å²) in [6.45, 7) is 1.97. The molecule has 110 valence electrons. The van der Waals surface area contributed by atoms with Gasteiger partial charge in [0.05, 0.1) is 12.1 Å². The summed E-state index contributed by atoms with van der Waals surface area (Å²) in [6.07, 6.45) is 1.05. The van der Waals surface area contributed by atoms with Gasteiger partial charge < -0.3 is 10.1 Å². The minimum atomic E-state index is -0.00348. The molecule has 0 aliphatic heterocycles. The molecule has 1 amide bonds. The number of halogens is 1. The quantitative estimate of drug-likeness (QED) is 0.897. The van der Waals surface area contributed by atoms with Crippen molar-refractivity contribution in [2.45, 2.75) is 19.8 Å². The van der Waals surface area contributed by atoms with Crippen LogP contribution in [0.3, 0.4) is 0 Å². The van der Waals surface area contributed by atoms with E-state index in [0.717, 1.165) is 16.8 Å². The van der Waals surface area contributed by atoms with E-state index < -0.39 is 0 Å². The molecule has 2 rings (SSSR count). The van der Waals surface area contributed by atoms with Crippen LogP contribution in [0.25, 0.3) is 0 Å². The van der Waals surface area contributed by atoms with Gasteiger partial charge in [0.25, 0.3) is 0 Å². The summed E-state index contributed by atoms with van der Waals surface area (Å²) in [6, 6.07) is 13.3. The van der Waals surface area contributed by atoms with Crippen molar-refractivity contribution in [1.29, 1.82) is 0 Å². The van der Waals surface area contributed by atoms with Gasteiger partial charge in [0, 0.05) is 12.1 Å². The number of aryl methyl sites for hydroxylation is 2. The first-order chi connectivity index (χ1) is 10.1. The van der Waals surface area contributed by atoms with Gasteiger partial charge in [-0.15, -0.1) is 0 Å². The number of para-hydroxylation sites is 1. The fourth-order valence-electron chi connectivity index (χ4n) is 2.05.